The normalized spacial score (nSPS) is 18.4. The maximum atomic E-state index is 12.0. The minimum absolute atomic E-state index is 0.166. The molecule has 0 spiro atoms. The number of aryl methyl sites for hydroxylation is 1. The van der Waals surface area contributed by atoms with Gasteiger partial charge in [0.2, 0.25) is 15.7 Å². The third-order valence-corrected chi connectivity index (χ3v) is 4.79. The van der Waals surface area contributed by atoms with E-state index in [0.717, 1.165) is 11.0 Å². The summed E-state index contributed by atoms with van der Waals surface area (Å²) in [6.45, 7) is 1.89. The largest absolute Gasteiger partial charge is 0.319 e. The third-order valence-electron chi connectivity index (χ3n) is 2.23. The van der Waals surface area contributed by atoms with Gasteiger partial charge < -0.3 is 5.32 Å². The lowest BCUT2D eigenvalue weighted by Gasteiger charge is -2.01. The lowest BCUT2D eigenvalue weighted by molar-refractivity contribution is -0.117. The zero-order valence-electron chi connectivity index (χ0n) is 9.14. The number of amides is 1. The van der Waals surface area contributed by atoms with Crippen LogP contribution >= 0.6 is 11.8 Å². The molecule has 90 valence electrons. The molecule has 17 heavy (non-hydrogen) atoms. The van der Waals surface area contributed by atoms with Crippen molar-refractivity contribution in [3.63, 3.8) is 0 Å². The average Bonchev–Trinajstić information content (AvgIpc) is 2.63. The maximum Gasteiger partial charge on any atom is 0.235 e. The first-order valence-electron chi connectivity index (χ1n) is 4.93. The highest BCUT2D eigenvalue weighted by Gasteiger charge is 2.19. The van der Waals surface area contributed by atoms with Crippen molar-refractivity contribution in [3.8, 4) is 0 Å². The molecule has 1 aliphatic rings. The van der Waals surface area contributed by atoms with Gasteiger partial charge in [-0.25, -0.2) is 8.42 Å². The van der Waals surface area contributed by atoms with Gasteiger partial charge in [-0.15, -0.1) is 0 Å². The molecular formula is C11H11NO3S2. The smallest absolute Gasteiger partial charge is 0.235 e. The molecule has 1 aromatic rings. The van der Waals surface area contributed by atoms with Crippen LogP contribution in [0, 0.1) is 6.92 Å². The van der Waals surface area contributed by atoms with E-state index in [9.17, 15) is 13.2 Å². The van der Waals surface area contributed by atoms with Crippen LogP contribution in [0.1, 0.15) is 5.56 Å². The van der Waals surface area contributed by atoms with Crippen LogP contribution in [0.4, 0.5) is 0 Å². The molecule has 0 bridgehead atoms. The van der Waals surface area contributed by atoms with E-state index in [2.05, 4.69) is 5.32 Å². The lowest BCUT2D eigenvalue weighted by Crippen LogP contribution is -2.14. The number of thioether (sulfide) groups is 1. The van der Waals surface area contributed by atoms with E-state index in [1.165, 1.54) is 11.8 Å². The van der Waals surface area contributed by atoms with E-state index in [4.69, 9.17) is 0 Å². The highest BCUT2D eigenvalue weighted by Crippen LogP contribution is 2.22. The molecule has 0 aromatic heterocycles. The molecule has 1 aromatic carbocycles. The molecule has 0 atom stereocenters. The number of rotatable bonds is 2. The van der Waals surface area contributed by atoms with Crippen LogP contribution in [0.25, 0.3) is 0 Å². The Bertz CT molecular complexity index is 573. The van der Waals surface area contributed by atoms with E-state index in [-0.39, 0.29) is 16.6 Å². The molecule has 6 heteroatoms. The first kappa shape index (κ1) is 12.2. The second-order valence-electron chi connectivity index (χ2n) is 3.68. The summed E-state index contributed by atoms with van der Waals surface area (Å²) in [4.78, 5) is 11.2. The lowest BCUT2D eigenvalue weighted by atomic mass is 10.2. The van der Waals surface area contributed by atoms with Crippen LogP contribution in [0.5, 0.6) is 0 Å². The molecule has 1 aliphatic heterocycles. The van der Waals surface area contributed by atoms with Crippen molar-refractivity contribution in [2.24, 2.45) is 0 Å². The Labute approximate surface area is 104 Å². The summed E-state index contributed by atoms with van der Waals surface area (Å²) >= 11 is 1.20. The molecule has 0 aliphatic carbocycles. The zero-order chi connectivity index (χ0) is 12.5. The Hall–Kier alpha value is -1.27. The van der Waals surface area contributed by atoms with Gasteiger partial charge in [0.05, 0.1) is 21.1 Å². The van der Waals surface area contributed by atoms with E-state index >= 15 is 0 Å². The zero-order valence-corrected chi connectivity index (χ0v) is 10.8. The molecule has 1 N–H and O–H groups in total. The molecule has 2 rings (SSSR count). The van der Waals surface area contributed by atoms with Crippen molar-refractivity contribution < 1.29 is 13.2 Å². The molecule has 1 amide bonds. The van der Waals surface area contributed by atoms with Crippen LogP contribution in [0.2, 0.25) is 0 Å². The van der Waals surface area contributed by atoms with E-state index < -0.39 is 9.84 Å². The van der Waals surface area contributed by atoms with Crippen LogP contribution < -0.4 is 5.32 Å². The number of benzene rings is 1. The predicted molar refractivity (Wildman–Crippen MR) is 67.0 cm³/mol. The van der Waals surface area contributed by atoms with Gasteiger partial charge >= 0.3 is 0 Å². The van der Waals surface area contributed by atoms with E-state index in [0.29, 0.717) is 5.03 Å². The van der Waals surface area contributed by atoms with Crippen molar-refractivity contribution in [2.75, 3.05) is 5.75 Å². The fourth-order valence-electron chi connectivity index (χ4n) is 1.35. The Kier molecular flexibility index (Phi) is 3.26. The standard InChI is InChI=1S/C11H11NO3S2/c1-8-2-4-9(5-3-8)17(14,15)7-11-12-10(13)6-16-11/h2-5,7H,6H2,1H3,(H,12,13)/b11-7+. The summed E-state index contributed by atoms with van der Waals surface area (Å²) in [6.07, 6.45) is 0. The molecule has 4 nitrogen and oxygen atoms in total. The van der Waals surface area contributed by atoms with Gasteiger partial charge in [-0.05, 0) is 19.1 Å². The highest BCUT2D eigenvalue weighted by molar-refractivity contribution is 8.05. The highest BCUT2D eigenvalue weighted by atomic mass is 32.2. The molecular weight excluding hydrogens is 258 g/mol. The Morgan fingerprint density at radius 3 is 2.47 bits per heavy atom. The van der Waals surface area contributed by atoms with Gasteiger partial charge in [-0.2, -0.15) is 0 Å². The van der Waals surface area contributed by atoms with E-state index in [1.807, 2.05) is 6.92 Å². The van der Waals surface area contributed by atoms with Crippen LogP contribution in [-0.4, -0.2) is 20.1 Å². The quantitative estimate of drug-likeness (QED) is 0.882. The fraction of sp³-hybridized carbons (Fsp3) is 0.182. The number of hydrogen-bond donors (Lipinski definition) is 1. The Morgan fingerprint density at radius 1 is 1.29 bits per heavy atom. The van der Waals surface area contributed by atoms with Crippen LogP contribution in [0.15, 0.2) is 39.6 Å². The van der Waals surface area contributed by atoms with Crippen LogP contribution in [0.3, 0.4) is 0 Å². The molecule has 1 heterocycles. The molecule has 1 fully saturated rings. The van der Waals surface area contributed by atoms with Gasteiger partial charge in [-0.1, -0.05) is 29.5 Å². The summed E-state index contributed by atoms with van der Waals surface area (Å²) in [5, 5.41) is 3.99. The fourth-order valence-corrected chi connectivity index (χ4v) is 3.54. The first-order valence-corrected chi connectivity index (χ1v) is 7.47. The second kappa shape index (κ2) is 4.54. The summed E-state index contributed by atoms with van der Waals surface area (Å²) < 4.78 is 23.9. The van der Waals surface area contributed by atoms with Crippen molar-refractivity contribution in [1.82, 2.24) is 5.32 Å². The van der Waals surface area contributed by atoms with Crippen molar-refractivity contribution in [3.05, 3.63) is 40.3 Å². The number of nitrogens with one attached hydrogen (secondary N) is 1. The predicted octanol–water partition coefficient (Wildman–Crippen LogP) is 1.43. The number of carbonyl (C=O) groups excluding carboxylic acids is 1. The van der Waals surface area contributed by atoms with Gasteiger partial charge in [0.1, 0.15) is 0 Å². The first-order chi connectivity index (χ1) is 7.97. The minimum Gasteiger partial charge on any atom is -0.319 e. The second-order valence-corrected chi connectivity index (χ2v) is 6.49. The van der Waals surface area contributed by atoms with Crippen molar-refractivity contribution in [2.45, 2.75) is 11.8 Å². The minimum atomic E-state index is -3.48. The summed E-state index contributed by atoms with van der Waals surface area (Å²) in [5.74, 6) is 0.107. The monoisotopic (exact) mass is 269 g/mol. The SMILES string of the molecule is Cc1ccc(S(=O)(=O)/C=C2\NC(=O)CS2)cc1. The number of carbonyl (C=O) groups is 1. The van der Waals surface area contributed by atoms with Gasteiger partial charge in [0, 0.05) is 0 Å². The molecule has 0 saturated carbocycles. The Morgan fingerprint density at radius 2 is 1.94 bits per heavy atom. The summed E-state index contributed by atoms with van der Waals surface area (Å²) in [5.41, 5.74) is 1.00. The van der Waals surface area contributed by atoms with Gasteiger partial charge in [0.15, 0.2) is 0 Å². The number of hydrogen-bond acceptors (Lipinski definition) is 4. The summed E-state index contributed by atoms with van der Waals surface area (Å²) in [6, 6.07) is 6.60. The van der Waals surface area contributed by atoms with E-state index in [1.54, 1.807) is 24.3 Å². The maximum absolute atomic E-state index is 12.0. The molecule has 0 unspecified atom stereocenters. The van der Waals surface area contributed by atoms with Crippen molar-refractivity contribution in [1.29, 1.82) is 0 Å². The average molecular weight is 269 g/mol. The van der Waals surface area contributed by atoms with Crippen LogP contribution in [-0.2, 0) is 14.6 Å². The van der Waals surface area contributed by atoms with Crippen molar-refractivity contribution >= 4 is 27.5 Å². The Balaban J connectivity index is 2.31. The topological polar surface area (TPSA) is 63.2 Å². The number of sulfone groups is 1. The summed E-state index contributed by atoms with van der Waals surface area (Å²) in [7, 11) is -3.48. The van der Waals surface area contributed by atoms with Gasteiger partial charge in [-0.3, -0.25) is 4.79 Å². The molecule has 1 saturated heterocycles. The third kappa shape index (κ3) is 2.89. The van der Waals surface area contributed by atoms with Gasteiger partial charge in [0.25, 0.3) is 0 Å². The molecule has 0 radical (unpaired) electrons.